The minimum atomic E-state index is -0.914. The lowest BCUT2D eigenvalue weighted by Gasteiger charge is -2.20. The molecule has 0 aliphatic carbocycles. The molecule has 0 spiro atoms. The number of amides is 2. The SMILES string of the molecule is CN1C(=O)[C@@H](NC(=O)c2cc(Cc3ccccc3)[nH]n2)COc2ccc(C(=O)CN)cc21. The molecule has 1 atom stereocenters. The molecule has 1 aliphatic heterocycles. The van der Waals surface area contributed by atoms with E-state index in [1.54, 1.807) is 31.3 Å². The fraction of sp³-hybridized carbons (Fsp3) is 0.217. The van der Waals surface area contributed by atoms with Gasteiger partial charge in [-0.15, -0.1) is 0 Å². The molecule has 0 fully saturated rings. The van der Waals surface area contributed by atoms with Crippen LogP contribution in [0.1, 0.15) is 32.1 Å². The van der Waals surface area contributed by atoms with Gasteiger partial charge in [0.05, 0.1) is 12.2 Å². The van der Waals surface area contributed by atoms with Gasteiger partial charge >= 0.3 is 0 Å². The Morgan fingerprint density at radius 2 is 2.00 bits per heavy atom. The molecule has 2 amide bonds. The van der Waals surface area contributed by atoms with Gasteiger partial charge in [0, 0.05) is 24.7 Å². The lowest BCUT2D eigenvalue weighted by Crippen LogP contribution is -2.49. The molecule has 164 valence electrons. The summed E-state index contributed by atoms with van der Waals surface area (Å²) in [6.07, 6.45) is 0.606. The number of hydrogen-bond donors (Lipinski definition) is 3. The Labute approximate surface area is 184 Å². The summed E-state index contributed by atoms with van der Waals surface area (Å²) in [4.78, 5) is 39.0. The molecule has 1 aliphatic rings. The maximum Gasteiger partial charge on any atom is 0.272 e. The molecule has 2 heterocycles. The normalized spacial score (nSPS) is 15.5. The van der Waals surface area contributed by atoms with Gasteiger partial charge in [-0.05, 0) is 29.8 Å². The van der Waals surface area contributed by atoms with Gasteiger partial charge in [0.2, 0.25) is 0 Å². The number of anilines is 1. The van der Waals surface area contributed by atoms with Crippen molar-refractivity contribution in [1.29, 1.82) is 0 Å². The van der Waals surface area contributed by atoms with E-state index in [2.05, 4.69) is 15.5 Å². The molecule has 0 bridgehead atoms. The van der Waals surface area contributed by atoms with E-state index in [4.69, 9.17) is 10.5 Å². The summed E-state index contributed by atoms with van der Waals surface area (Å²) in [5.41, 5.74) is 8.32. The number of rotatable bonds is 6. The van der Waals surface area contributed by atoms with Crippen LogP contribution in [-0.2, 0) is 11.2 Å². The van der Waals surface area contributed by atoms with Crippen molar-refractivity contribution < 1.29 is 19.1 Å². The predicted molar refractivity (Wildman–Crippen MR) is 118 cm³/mol. The number of nitrogens with one attached hydrogen (secondary N) is 2. The minimum absolute atomic E-state index is 0.0482. The van der Waals surface area contributed by atoms with Gasteiger partial charge in [-0.1, -0.05) is 30.3 Å². The number of aromatic amines is 1. The van der Waals surface area contributed by atoms with Crippen molar-refractivity contribution in [1.82, 2.24) is 15.5 Å². The van der Waals surface area contributed by atoms with Gasteiger partial charge in [-0.3, -0.25) is 19.5 Å². The van der Waals surface area contributed by atoms with Crippen molar-refractivity contribution in [2.24, 2.45) is 5.73 Å². The number of likely N-dealkylation sites (N-methyl/N-ethyl adjacent to an activating group) is 1. The first-order chi connectivity index (χ1) is 15.5. The standard InChI is InChI=1S/C23H23N5O4/c1-28-19-10-15(20(29)12-24)7-8-21(19)32-13-18(23(28)31)25-22(30)17-11-16(26-27-17)9-14-5-3-2-4-6-14/h2-8,10-11,18H,9,12-13,24H2,1H3,(H,25,30)(H,26,27)/t18-/m0/s1. The van der Waals surface area contributed by atoms with Gasteiger partial charge < -0.3 is 20.7 Å². The van der Waals surface area contributed by atoms with Crippen molar-refractivity contribution in [3.63, 3.8) is 0 Å². The number of carbonyl (C=O) groups excluding carboxylic acids is 3. The Morgan fingerprint density at radius 3 is 2.75 bits per heavy atom. The molecule has 0 unspecified atom stereocenters. The van der Waals surface area contributed by atoms with Gasteiger partial charge in [0.25, 0.3) is 11.8 Å². The van der Waals surface area contributed by atoms with Crippen LogP contribution in [0.5, 0.6) is 5.75 Å². The summed E-state index contributed by atoms with van der Waals surface area (Å²) in [5.74, 6) is -0.654. The first kappa shape index (κ1) is 21.3. The summed E-state index contributed by atoms with van der Waals surface area (Å²) in [6.45, 7) is -0.181. The number of carbonyl (C=O) groups is 3. The number of ether oxygens (including phenoxy) is 1. The summed E-state index contributed by atoms with van der Waals surface area (Å²) in [5, 5.41) is 9.63. The number of benzene rings is 2. The fourth-order valence-corrected chi connectivity index (χ4v) is 3.51. The number of hydrogen-bond acceptors (Lipinski definition) is 6. The first-order valence-corrected chi connectivity index (χ1v) is 10.1. The summed E-state index contributed by atoms with van der Waals surface area (Å²) < 4.78 is 5.74. The maximum absolute atomic E-state index is 13.0. The number of H-pyrrole nitrogens is 1. The number of ketones is 1. The fourth-order valence-electron chi connectivity index (χ4n) is 3.51. The van der Waals surface area contributed by atoms with E-state index in [0.717, 1.165) is 11.3 Å². The summed E-state index contributed by atoms with van der Waals surface area (Å²) >= 11 is 0. The maximum atomic E-state index is 13.0. The van der Waals surface area contributed by atoms with Crippen LogP contribution < -0.4 is 20.7 Å². The topological polar surface area (TPSA) is 130 Å². The van der Waals surface area contributed by atoms with Crippen LogP contribution in [0.15, 0.2) is 54.6 Å². The lowest BCUT2D eigenvalue weighted by atomic mass is 10.1. The second kappa shape index (κ2) is 9.03. The highest BCUT2D eigenvalue weighted by atomic mass is 16.5. The molecule has 2 aromatic carbocycles. The Morgan fingerprint density at radius 1 is 1.22 bits per heavy atom. The Kier molecular flexibility index (Phi) is 6.00. The second-order valence-corrected chi connectivity index (χ2v) is 7.48. The van der Waals surface area contributed by atoms with E-state index in [0.29, 0.717) is 23.4 Å². The molecule has 32 heavy (non-hydrogen) atoms. The van der Waals surface area contributed by atoms with E-state index in [1.807, 2.05) is 30.3 Å². The monoisotopic (exact) mass is 433 g/mol. The molecular weight excluding hydrogens is 410 g/mol. The third-order valence-corrected chi connectivity index (χ3v) is 5.27. The van der Waals surface area contributed by atoms with E-state index in [1.165, 1.54) is 4.90 Å². The smallest absolute Gasteiger partial charge is 0.272 e. The van der Waals surface area contributed by atoms with Crippen LogP contribution in [0.25, 0.3) is 0 Å². The van der Waals surface area contributed by atoms with Crippen molar-refractivity contribution in [2.75, 3.05) is 25.1 Å². The summed E-state index contributed by atoms with van der Waals surface area (Å²) in [6, 6.07) is 15.3. The van der Waals surface area contributed by atoms with Gasteiger partial charge in [-0.25, -0.2) is 0 Å². The molecule has 0 saturated heterocycles. The zero-order valence-corrected chi connectivity index (χ0v) is 17.5. The lowest BCUT2D eigenvalue weighted by molar-refractivity contribution is -0.120. The van der Waals surface area contributed by atoms with Crippen LogP contribution in [0, 0.1) is 0 Å². The quantitative estimate of drug-likeness (QED) is 0.502. The Bertz CT molecular complexity index is 1160. The molecular formula is C23H23N5O4. The van der Waals surface area contributed by atoms with Crippen molar-refractivity contribution in [3.05, 3.63) is 77.1 Å². The third kappa shape index (κ3) is 4.37. The molecule has 9 heteroatoms. The van der Waals surface area contributed by atoms with E-state index >= 15 is 0 Å². The van der Waals surface area contributed by atoms with Gasteiger partial charge in [0.15, 0.2) is 5.78 Å². The zero-order chi connectivity index (χ0) is 22.7. The highest BCUT2D eigenvalue weighted by Gasteiger charge is 2.31. The largest absolute Gasteiger partial charge is 0.489 e. The Hall–Kier alpha value is -3.98. The van der Waals surface area contributed by atoms with E-state index in [9.17, 15) is 14.4 Å². The highest BCUT2D eigenvalue weighted by Crippen LogP contribution is 2.31. The second-order valence-electron chi connectivity index (χ2n) is 7.48. The van der Waals surface area contributed by atoms with E-state index in [-0.39, 0.29) is 30.5 Å². The number of Topliss-reactive ketones (excluding diaryl/α,β-unsaturated/α-hetero) is 1. The molecule has 1 aromatic heterocycles. The number of nitrogens with zero attached hydrogens (tertiary/aromatic N) is 2. The number of aromatic nitrogens is 2. The number of nitrogens with two attached hydrogens (primary N) is 1. The average Bonchev–Trinajstić information content (AvgIpc) is 3.25. The molecule has 4 rings (SSSR count). The molecule has 0 radical (unpaired) electrons. The molecule has 4 N–H and O–H groups in total. The summed E-state index contributed by atoms with van der Waals surface area (Å²) in [7, 11) is 1.57. The van der Waals surface area contributed by atoms with Crippen LogP contribution in [0.4, 0.5) is 5.69 Å². The van der Waals surface area contributed by atoms with Crippen molar-refractivity contribution in [2.45, 2.75) is 12.5 Å². The van der Waals surface area contributed by atoms with Crippen LogP contribution in [-0.4, -0.2) is 54.0 Å². The predicted octanol–water partition coefficient (Wildman–Crippen LogP) is 1.30. The average molecular weight is 433 g/mol. The Balaban J connectivity index is 1.46. The van der Waals surface area contributed by atoms with Crippen LogP contribution in [0.2, 0.25) is 0 Å². The highest BCUT2D eigenvalue weighted by molar-refractivity contribution is 6.04. The zero-order valence-electron chi connectivity index (χ0n) is 17.5. The molecule has 0 saturated carbocycles. The molecule has 9 nitrogen and oxygen atoms in total. The van der Waals surface area contributed by atoms with Crippen LogP contribution in [0.3, 0.4) is 0 Å². The third-order valence-electron chi connectivity index (χ3n) is 5.27. The van der Waals surface area contributed by atoms with Crippen molar-refractivity contribution in [3.8, 4) is 5.75 Å². The van der Waals surface area contributed by atoms with Gasteiger partial charge in [-0.2, -0.15) is 5.10 Å². The van der Waals surface area contributed by atoms with Crippen LogP contribution >= 0.6 is 0 Å². The van der Waals surface area contributed by atoms with E-state index < -0.39 is 11.9 Å². The van der Waals surface area contributed by atoms with Crippen molar-refractivity contribution >= 4 is 23.3 Å². The molecule has 3 aromatic rings. The first-order valence-electron chi connectivity index (χ1n) is 10.1. The van der Waals surface area contributed by atoms with Gasteiger partial charge in [0.1, 0.15) is 24.1 Å². The minimum Gasteiger partial charge on any atom is -0.489 e. The number of fused-ring (bicyclic) bond motifs is 1.